The Kier molecular flexibility index (Phi) is 5.00. The van der Waals surface area contributed by atoms with E-state index in [0.717, 1.165) is 11.3 Å². The van der Waals surface area contributed by atoms with Gasteiger partial charge in [0.1, 0.15) is 0 Å². The highest BCUT2D eigenvalue weighted by Gasteiger charge is 2.28. The number of hydrogen-bond donors (Lipinski definition) is 2. The summed E-state index contributed by atoms with van der Waals surface area (Å²) in [6.07, 6.45) is 0.955. The van der Waals surface area contributed by atoms with E-state index in [9.17, 15) is 13.2 Å². The second-order valence-electron chi connectivity index (χ2n) is 5.79. The fourth-order valence-corrected chi connectivity index (χ4v) is 4.20. The number of carbonyl (C=O) groups excluding carboxylic acids is 1. The molecule has 0 spiro atoms. The summed E-state index contributed by atoms with van der Waals surface area (Å²) in [5.74, 6) is 0.351. The maximum absolute atomic E-state index is 11.9. The van der Waals surface area contributed by atoms with Gasteiger partial charge in [0.2, 0.25) is 5.91 Å². The average Bonchev–Trinajstić information content (AvgIpc) is 2.71. The van der Waals surface area contributed by atoms with Gasteiger partial charge in [-0.25, -0.2) is 8.42 Å². The predicted octanol–water partition coefficient (Wildman–Crippen LogP) is 1.49. The van der Waals surface area contributed by atoms with Gasteiger partial charge >= 0.3 is 0 Å². The van der Waals surface area contributed by atoms with Crippen molar-refractivity contribution >= 4 is 21.4 Å². The summed E-state index contributed by atoms with van der Waals surface area (Å²) >= 11 is 0. The quantitative estimate of drug-likeness (QED) is 0.864. The second-order valence-corrected chi connectivity index (χ2v) is 8.01. The molecule has 1 saturated heterocycles. The molecule has 0 bridgehead atoms. The molecule has 1 aliphatic heterocycles. The van der Waals surface area contributed by atoms with Gasteiger partial charge in [0, 0.05) is 24.2 Å². The minimum absolute atomic E-state index is 0.0304. The van der Waals surface area contributed by atoms with Crippen LogP contribution in [0.25, 0.3) is 0 Å². The molecule has 1 fully saturated rings. The van der Waals surface area contributed by atoms with Crippen molar-refractivity contribution in [3.63, 3.8) is 0 Å². The molecule has 0 radical (unpaired) electrons. The molecule has 2 rings (SSSR count). The number of aryl methyl sites for hydroxylation is 1. The Morgan fingerprint density at radius 1 is 1.33 bits per heavy atom. The average molecular weight is 310 g/mol. The van der Waals surface area contributed by atoms with Crippen molar-refractivity contribution in [1.29, 1.82) is 0 Å². The highest BCUT2D eigenvalue weighted by atomic mass is 32.2. The van der Waals surface area contributed by atoms with Crippen molar-refractivity contribution in [2.45, 2.75) is 38.8 Å². The molecule has 1 amide bonds. The minimum Gasteiger partial charge on any atom is -0.326 e. The van der Waals surface area contributed by atoms with Crippen LogP contribution in [-0.4, -0.2) is 37.9 Å². The van der Waals surface area contributed by atoms with Crippen LogP contribution in [0.4, 0.5) is 5.69 Å². The van der Waals surface area contributed by atoms with Crippen LogP contribution < -0.4 is 10.6 Å². The molecular formula is C15H22N2O3S. The summed E-state index contributed by atoms with van der Waals surface area (Å²) in [6.45, 7) is 3.90. The zero-order valence-electron chi connectivity index (χ0n) is 12.4. The Bertz CT molecular complexity index is 596. The van der Waals surface area contributed by atoms with Crippen molar-refractivity contribution in [1.82, 2.24) is 5.32 Å². The number of rotatable bonds is 5. The summed E-state index contributed by atoms with van der Waals surface area (Å²) in [5, 5.41) is 6.06. The van der Waals surface area contributed by atoms with Crippen LogP contribution in [0.3, 0.4) is 0 Å². The van der Waals surface area contributed by atoms with Gasteiger partial charge in [0.15, 0.2) is 9.84 Å². The predicted molar refractivity (Wildman–Crippen MR) is 84.1 cm³/mol. The van der Waals surface area contributed by atoms with Crippen LogP contribution in [0.5, 0.6) is 0 Å². The summed E-state index contributed by atoms with van der Waals surface area (Å²) in [4.78, 5) is 11.9. The normalized spacial score (nSPS) is 21.9. The van der Waals surface area contributed by atoms with E-state index in [1.165, 1.54) is 0 Å². The number of carbonyl (C=O) groups is 1. The van der Waals surface area contributed by atoms with E-state index >= 15 is 0 Å². The van der Waals surface area contributed by atoms with Gasteiger partial charge in [0.05, 0.1) is 11.5 Å². The number of sulfone groups is 1. The van der Waals surface area contributed by atoms with E-state index < -0.39 is 9.84 Å². The molecular weight excluding hydrogens is 288 g/mol. The SMILES string of the molecule is Cc1ccc(NC(=O)C[C@H](C)N[C@H]2CCS(=O)(=O)C2)cc1. The molecule has 0 unspecified atom stereocenters. The summed E-state index contributed by atoms with van der Waals surface area (Å²) in [7, 11) is -2.89. The van der Waals surface area contributed by atoms with E-state index in [1.807, 2.05) is 38.1 Å². The zero-order valence-corrected chi connectivity index (χ0v) is 13.2. The molecule has 1 aromatic rings. The third-order valence-electron chi connectivity index (χ3n) is 3.58. The summed E-state index contributed by atoms with van der Waals surface area (Å²) < 4.78 is 22.8. The first-order valence-electron chi connectivity index (χ1n) is 7.17. The maximum atomic E-state index is 11.9. The lowest BCUT2D eigenvalue weighted by Crippen LogP contribution is -2.39. The molecule has 1 heterocycles. The van der Waals surface area contributed by atoms with Gasteiger partial charge in [-0.05, 0) is 32.4 Å². The lowest BCUT2D eigenvalue weighted by Gasteiger charge is -2.18. The Balaban J connectivity index is 1.78. The number of hydrogen-bond acceptors (Lipinski definition) is 4. The molecule has 2 N–H and O–H groups in total. The van der Waals surface area contributed by atoms with Crippen molar-refractivity contribution < 1.29 is 13.2 Å². The third kappa shape index (κ3) is 5.13. The Morgan fingerprint density at radius 2 is 2.00 bits per heavy atom. The van der Waals surface area contributed by atoms with E-state index in [0.29, 0.717) is 12.8 Å². The molecule has 1 aliphatic rings. The zero-order chi connectivity index (χ0) is 15.5. The van der Waals surface area contributed by atoms with Gasteiger partial charge in [-0.3, -0.25) is 4.79 Å². The van der Waals surface area contributed by atoms with E-state index in [2.05, 4.69) is 10.6 Å². The smallest absolute Gasteiger partial charge is 0.225 e. The molecule has 0 aliphatic carbocycles. The van der Waals surface area contributed by atoms with Crippen LogP contribution in [-0.2, 0) is 14.6 Å². The largest absolute Gasteiger partial charge is 0.326 e. The molecule has 0 saturated carbocycles. The highest BCUT2D eigenvalue weighted by molar-refractivity contribution is 7.91. The lowest BCUT2D eigenvalue weighted by atomic mass is 10.1. The Morgan fingerprint density at radius 3 is 2.57 bits per heavy atom. The highest BCUT2D eigenvalue weighted by Crippen LogP contribution is 2.13. The van der Waals surface area contributed by atoms with Crippen molar-refractivity contribution in [2.75, 3.05) is 16.8 Å². The summed E-state index contributed by atoms with van der Waals surface area (Å²) in [6, 6.07) is 7.55. The van der Waals surface area contributed by atoms with Crippen molar-refractivity contribution in [3.8, 4) is 0 Å². The minimum atomic E-state index is -2.89. The molecule has 21 heavy (non-hydrogen) atoms. The first kappa shape index (κ1) is 16.0. The Labute approximate surface area is 126 Å². The summed E-state index contributed by atoms with van der Waals surface area (Å²) in [5.41, 5.74) is 1.92. The number of benzene rings is 1. The molecule has 5 nitrogen and oxygen atoms in total. The number of nitrogens with one attached hydrogen (secondary N) is 2. The third-order valence-corrected chi connectivity index (χ3v) is 5.35. The van der Waals surface area contributed by atoms with Crippen LogP contribution in [0.15, 0.2) is 24.3 Å². The van der Waals surface area contributed by atoms with Crippen molar-refractivity contribution in [2.24, 2.45) is 0 Å². The van der Waals surface area contributed by atoms with E-state index in [1.54, 1.807) is 0 Å². The van der Waals surface area contributed by atoms with Crippen LogP contribution >= 0.6 is 0 Å². The van der Waals surface area contributed by atoms with Crippen LogP contribution in [0.2, 0.25) is 0 Å². The molecule has 116 valence electrons. The molecule has 0 aromatic heterocycles. The number of anilines is 1. The monoisotopic (exact) mass is 310 g/mol. The van der Waals surface area contributed by atoms with Gasteiger partial charge in [-0.1, -0.05) is 17.7 Å². The molecule has 6 heteroatoms. The standard InChI is InChI=1S/C15H22N2O3S/c1-11-3-5-13(6-4-11)17-15(18)9-12(2)16-14-7-8-21(19,20)10-14/h3-6,12,14,16H,7-10H2,1-2H3,(H,17,18)/t12-,14-/m0/s1. The maximum Gasteiger partial charge on any atom is 0.225 e. The molecule has 1 aromatic carbocycles. The van der Waals surface area contributed by atoms with Crippen molar-refractivity contribution in [3.05, 3.63) is 29.8 Å². The van der Waals surface area contributed by atoms with Gasteiger partial charge < -0.3 is 10.6 Å². The molecule has 2 atom stereocenters. The fraction of sp³-hybridized carbons (Fsp3) is 0.533. The topological polar surface area (TPSA) is 75.3 Å². The van der Waals surface area contributed by atoms with Crippen LogP contribution in [0, 0.1) is 6.92 Å². The van der Waals surface area contributed by atoms with Gasteiger partial charge in [-0.2, -0.15) is 0 Å². The van der Waals surface area contributed by atoms with Crippen LogP contribution in [0.1, 0.15) is 25.3 Å². The van der Waals surface area contributed by atoms with Gasteiger partial charge in [-0.15, -0.1) is 0 Å². The first-order valence-corrected chi connectivity index (χ1v) is 8.99. The second kappa shape index (κ2) is 6.58. The first-order chi connectivity index (χ1) is 9.84. The van der Waals surface area contributed by atoms with Gasteiger partial charge in [0.25, 0.3) is 0 Å². The van der Waals surface area contributed by atoms with E-state index in [4.69, 9.17) is 0 Å². The van der Waals surface area contributed by atoms with E-state index in [-0.39, 0.29) is 29.5 Å². The lowest BCUT2D eigenvalue weighted by molar-refractivity contribution is -0.116. The Hall–Kier alpha value is -1.40. The number of amides is 1. The fourth-order valence-electron chi connectivity index (χ4n) is 2.51.